The zero-order chi connectivity index (χ0) is 9.84. The topological polar surface area (TPSA) is 72.6 Å². The van der Waals surface area contributed by atoms with Crippen molar-refractivity contribution in [2.75, 3.05) is 6.61 Å². The summed E-state index contributed by atoms with van der Waals surface area (Å²) in [6.45, 7) is 1.97. The van der Waals surface area contributed by atoms with Gasteiger partial charge in [0.15, 0.2) is 5.75 Å². The first-order valence-electron chi connectivity index (χ1n) is 3.76. The Morgan fingerprint density at radius 2 is 2.31 bits per heavy atom. The SMILES string of the molecule is CCOc1c(O)cccc1[N+](=O)[O-]. The summed E-state index contributed by atoms with van der Waals surface area (Å²) in [6.07, 6.45) is 0. The monoisotopic (exact) mass is 183 g/mol. The van der Waals surface area contributed by atoms with Crippen LogP contribution in [0.3, 0.4) is 0 Å². The van der Waals surface area contributed by atoms with E-state index in [2.05, 4.69) is 0 Å². The smallest absolute Gasteiger partial charge is 0.314 e. The third kappa shape index (κ3) is 1.87. The number of nitro benzene ring substituents is 1. The summed E-state index contributed by atoms with van der Waals surface area (Å²) in [4.78, 5) is 9.87. The van der Waals surface area contributed by atoms with Gasteiger partial charge in [-0.25, -0.2) is 0 Å². The third-order valence-corrected chi connectivity index (χ3v) is 1.46. The Morgan fingerprint density at radius 1 is 1.62 bits per heavy atom. The van der Waals surface area contributed by atoms with E-state index in [9.17, 15) is 15.2 Å². The third-order valence-electron chi connectivity index (χ3n) is 1.46. The van der Waals surface area contributed by atoms with E-state index in [0.717, 1.165) is 0 Å². The summed E-state index contributed by atoms with van der Waals surface area (Å²) in [5.74, 6) is -0.286. The molecule has 0 aliphatic carbocycles. The van der Waals surface area contributed by atoms with Gasteiger partial charge in [-0.3, -0.25) is 10.1 Å². The van der Waals surface area contributed by atoms with Gasteiger partial charge >= 0.3 is 5.69 Å². The van der Waals surface area contributed by atoms with Gasteiger partial charge in [0.05, 0.1) is 11.5 Å². The predicted octanol–water partition coefficient (Wildman–Crippen LogP) is 1.70. The van der Waals surface area contributed by atoms with Crippen molar-refractivity contribution in [1.29, 1.82) is 0 Å². The van der Waals surface area contributed by atoms with Crippen LogP contribution in [0.5, 0.6) is 11.5 Å². The van der Waals surface area contributed by atoms with Gasteiger partial charge in [-0.05, 0) is 13.0 Å². The first-order valence-corrected chi connectivity index (χ1v) is 3.76. The number of benzene rings is 1. The van der Waals surface area contributed by atoms with Crippen LogP contribution in [0, 0.1) is 10.1 Å². The molecule has 0 amide bonds. The van der Waals surface area contributed by atoms with E-state index >= 15 is 0 Å². The molecule has 1 N–H and O–H groups in total. The molecule has 0 aliphatic heterocycles. The Morgan fingerprint density at radius 3 is 2.85 bits per heavy atom. The number of phenolic OH excluding ortho intramolecular Hbond substituents is 1. The van der Waals surface area contributed by atoms with Crippen LogP contribution in [0.15, 0.2) is 18.2 Å². The number of nitro groups is 1. The molecule has 0 saturated heterocycles. The van der Waals surface area contributed by atoms with Gasteiger partial charge in [-0.15, -0.1) is 0 Å². The van der Waals surface area contributed by atoms with E-state index in [4.69, 9.17) is 4.74 Å². The van der Waals surface area contributed by atoms with Crippen LogP contribution in [-0.2, 0) is 0 Å². The van der Waals surface area contributed by atoms with Crippen molar-refractivity contribution in [2.24, 2.45) is 0 Å². The Kier molecular flexibility index (Phi) is 2.69. The Hall–Kier alpha value is -1.78. The molecule has 0 aromatic heterocycles. The molecular formula is C8H9NO4. The lowest BCUT2D eigenvalue weighted by atomic mass is 10.3. The van der Waals surface area contributed by atoms with Crippen LogP contribution < -0.4 is 4.74 Å². The maximum atomic E-state index is 10.5. The van der Waals surface area contributed by atoms with Crippen molar-refractivity contribution in [2.45, 2.75) is 6.92 Å². The molecule has 0 bridgehead atoms. The molecule has 0 spiro atoms. The Labute approximate surface area is 74.7 Å². The highest BCUT2D eigenvalue weighted by Gasteiger charge is 2.17. The number of aromatic hydroxyl groups is 1. The lowest BCUT2D eigenvalue weighted by Crippen LogP contribution is -1.97. The molecule has 0 heterocycles. The van der Waals surface area contributed by atoms with Crippen LogP contribution in [0.25, 0.3) is 0 Å². The van der Waals surface area contributed by atoms with Crippen molar-refractivity contribution in [3.05, 3.63) is 28.3 Å². The highest BCUT2D eigenvalue weighted by molar-refractivity contribution is 5.54. The molecule has 5 heteroatoms. The Bertz CT molecular complexity index is 324. The lowest BCUT2D eigenvalue weighted by Gasteiger charge is -2.04. The maximum absolute atomic E-state index is 10.5. The largest absolute Gasteiger partial charge is 0.504 e. The van der Waals surface area contributed by atoms with E-state index in [1.165, 1.54) is 18.2 Å². The fraction of sp³-hybridized carbons (Fsp3) is 0.250. The number of hydrogen-bond acceptors (Lipinski definition) is 4. The second kappa shape index (κ2) is 3.75. The summed E-state index contributed by atoms with van der Waals surface area (Å²) in [7, 11) is 0. The van der Waals surface area contributed by atoms with Gasteiger partial charge < -0.3 is 9.84 Å². The van der Waals surface area contributed by atoms with Crippen molar-refractivity contribution < 1.29 is 14.8 Å². The van der Waals surface area contributed by atoms with Gasteiger partial charge in [0, 0.05) is 6.07 Å². The average Bonchev–Trinajstić information content (AvgIpc) is 2.08. The van der Waals surface area contributed by atoms with Crippen LogP contribution >= 0.6 is 0 Å². The average molecular weight is 183 g/mol. The second-order valence-corrected chi connectivity index (χ2v) is 2.32. The van der Waals surface area contributed by atoms with Crippen molar-refractivity contribution in [1.82, 2.24) is 0 Å². The Balaban J connectivity index is 3.17. The fourth-order valence-corrected chi connectivity index (χ4v) is 0.949. The van der Waals surface area contributed by atoms with Gasteiger partial charge in [0.2, 0.25) is 5.75 Å². The molecule has 1 aromatic carbocycles. The molecule has 0 unspecified atom stereocenters. The molecule has 0 radical (unpaired) electrons. The fourth-order valence-electron chi connectivity index (χ4n) is 0.949. The number of rotatable bonds is 3. The van der Waals surface area contributed by atoms with Crippen LogP contribution in [0.4, 0.5) is 5.69 Å². The van der Waals surface area contributed by atoms with E-state index in [0.29, 0.717) is 0 Å². The molecular weight excluding hydrogens is 174 g/mol. The van der Waals surface area contributed by atoms with Gasteiger partial charge in [-0.1, -0.05) is 6.07 Å². The summed E-state index contributed by atoms with van der Waals surface area (Å²) in [5.41, 5.74) is -0.221. The minimum Gasteiger partial charge on any atom is -0.504 e. The first-order chi connectivity index (χ1) is 6.16. The zero-order valence-electron chi connectivity index (χ0n) is 7.06. The number of nitrogens with zero attached hydrogens (tertiary/aromatic N) is 1. The molecule has 5 nitrogen and oxygen atoms in total. The van der Waals surface area contributed by atoms with Crippen molar-refractivity contribution in [3.63, 3.8) is 0 Å². The van der Waals surface area contributed by atoms with Crippen LogP contribution in [0.2, 0.25) is 0 Å². The van der Waals surface area contributed by atoms with E-state index in [1.54, 1.807) is 6.92 Å². The number of phenols is 1. The zero-order valence-corrected chi connectivity index (χ0v) is 7.06. The predicted molar refractivity (Wildman–Crippen MR) is 45.9 cm³/mol. The van der Waals surface area contributed by atoms with Crippen LogP contribution in [0.1, 0.15) is 6.92 Å². The molecule has 1 rings (SSSR count). The number of para-hydroxylation sites is 1. The maximum Gasteiger partial charge on any atom is 0.314 e. The molecule has 70 valence electrons. The van der Waals surface area contributed by atoms with Gasteiger partial charge in [-0.2, -0.15) is 0 Å². The van der Waals surface area contributed by atoms with Gasteiger partial charge in [0.25, 0.3) is 0 Å². The van der Waals surface area contributed by atoms with E-state index in [-0.39, 0.29) is 23.8 Å². The van der Waals surface area contributed by atoms with Crippen molar-refractivity contribution >= 4 is 5.69 Å². The van der Waals surface area contributed by atoms with Gasteiger partial charge in [0.1, 0.15) is 0 Å². The molecule has 0 fully saturated rings. The summed E-state index contributed by atoms with van der Waals surface area (Å²) < 4.78 is 4.94. The highest BCUT2D eigenvalue weighted by atomic mass is 16.6. The number of ether oxygens (including phenoxy) is 1. The molecule has 0 atom stereocenters. The first kappa shape index (κ1) is 9.31. The molecule has 1 aromatic rings. The normalized spacial score (nSPS) is 9.62. The van der Waals surface area contributed by atoms with Crippen molar-refractivity contribution in [3.8, 4) is 11.5 Å². The minimum atomic E-state index is -0.593. The highest BCUT2D eigenvalue weighted by Crippen LogP contribution is 2.35. The van der Waals surface area contributed by atoms with E-state index < -0.39 is 4.92 Å². The number of hydrogen-bond donors (Lipinski definition) is 1. The molecule has 0 saturated carbocycles. The molecule has 0 aliphatic rings. The summed E-state index contributed by atoms with van der Waals surface area (Å²) in [5, 5.41) is 19.7. The quantitative estimate of drug-likeness (QED) is 0.571. The summed E-state index contributed by atoms with van der Waals surface area (Å²) >= 11 is 0. The molecule has 13 heavy (non-hydrogen) atoms. The minimum absolute atomic E-state index is 0.0741. The summed E-state index contributed by atoms with van der Waals surface area (Å²) in [6, 6.07) is 4.03. The second-order valence-electron chi connectivity index (χ2n) is 2.32. The standard InChI is InChI=1S/C8H9NO4/c1-2-13-8-6(9(11)12)4-3-5-7(8)10/h3-5,10H,2H2,1H3. The lowest BCUT2D eigenvalue weighted by molar-refractivity contribution is -0.385. The van der Waals surface area contributed by atoms with Crippen LogP contribution in [-0.4, -0.2) is 16.6 Å². The van der Waals surface area contributed by atoms with E-state index in [1.807, 2.05) is 0 Å².